The average molecular weight is 379 g/mol. The van der Waals surface area contributed by atoms with Crippen LogP contribution >= 0.6 is 36.4 Å². The number of nitrogens with zero attached hydrogens (tertiary/aromatic N) is 1. The standard InChI is InChI=1S/C15H16ClN3O2.2ClH/c16-11-4-9-2-1-3-18-14(9)12(5-11)15(21)19-7-10-6-17-8-13(10)20;;/h1-5,10,13,17,20H,6-8H2,(H,19,21);2*1H. The van der Waals surface area contributed by atoms with E-state index in [1.807, 2.05) is 6.07 Å². The Morgan fingerprint density at radius 3 is 2.87 bits per heavy atom. The molecule has 1 aliphatic rings. The van der Waals surface area contributed by atoms with Crippen molar-refractivity contribution in [1.29, 1.82) is 0 Å². The molecular formula is C15H18Cl3N3O2. The molecule has 2 heterocycles. The zero-order valence-electron chi connectivity index (χ0n) is 12.2. The number of fused-ring (bicyclic) bond motifs is 1. The molecule has 1 aliphatic heterocycles. The molecule has 0 spiro atoms. The molecule has 0 bridgehead atoms. The van der Waals surface area contributed by atoms with Crippen LogP contribution in [0.4, 0.5) is 0 Å². The number of carbonyl (C=O) groups is 1. The molecule has 5 nitrogen and oxygen atoms in total. The number of pyridine rings is 1. The maximum atomic E-state index is 12.4. The molecule has 23 heavy (non-hydrogen) atoms. The minimum atomic E-state index is -0.417. The van der Waals surface area contributed by atoms with Gasteiger partial charge >= 0.3 is 0 Å². The summed E-state index contributed by atoms with van der Waals surface area (Å²) in [5.41, 5.74) is 1.09. The number of benzene rings is 1. The highest BCUT2D eigenvalue weighted by atomic mass is 35.5. The van der Waals surface area contributed by atoms with Gasteiger partial charge in [-0.2, -0.15) is 0 Å². The number of nitrogens with one attached hydrogen (secondary N) is 2. The van der Waals surface area contributed by atoms with Crippen LogP contribution in [0.2, 0.25) is 5.02 Å². The minimum absolute atomic E-state index is 0. The molecule has 3 rings (SSSR count). The normalized spacial score (nSPS) is 19.7. The van der Waals surface area contributed by atoms with Crippen LogP contribution in [0.5, 0.6) is 0 Å². The van der Waals surface area contributed by atoms with Crippen LogP contribution in [-0.2, 0) is 0 Å². The number of aliphatic hydroxyl groups is 1. The van der Waals surface area contributed by atoms with E-state index in [0.717, 1.165) is 5.39 Å². The average Bonchev–Trinajstić information content (AvgIpc) is 2.89. The van der Waals surface area contributed by atoms with Gasteiger partial charge in [-0.1, -0.05) is 17.7 Å². The van der Waals surface area contributed by atoms with Crippen LogP contribution < -0.4 is 10.6 Å². The topological polar surface area (TPSA) is 74.2 Å². The maximum Gasteiger partial charge on any atom is 0.253 e. The summed E-state index contributed by atoms with van der Waals surface area (Å²) in [4.78, 5) is 16.6. The molecule has 1 aromatic carbocycles. The lowest BCUT2D eigenvalue weighted by Crippen LogP contribution is -2.34. The third-order valence-electron chi connectivity index (χ3n) is 3.74. The fourth-order valence-electron chi connectivity index (χ4n) is 2.58. The first-order chi connectivity index (χ1) is 10.1. The lowest BCUT2D eigenvalue weighted by Gasteiger charge is -2.14. The van der Waals surface area contributed by atoms with Crippen molar-refractivity contribution in [3.05, 3.63) is 41.0 Å². The van der Waals surface area contributed by atoms with E-state index in [1.54, 1.807) is 24.4 Å². The van der Waals surface area contributed by atoms with Gasteiger partial charge in [0.2, 0.25) is 0 Å². The van der Waals surface area contributed by atoms with Crippen molar-refractivity contribution in [3.8, 4) is 0 Å². The van der Waals surface area contributed by atoms with Gasteiger partial charge in [0.05, 0.1) is 17.2 Å². The summed E-state index contributed by atoms with van der Waals surface area (Å²) in [6.07, 6.45) is 1.23. The molecule has 2 unspecified atom stereocenters. The number of β-amino-alcohol motifs (C(OH)–C–C–N with tert-alkyl or cyclic N) is 1. The smallest absolute Gasteiger partial charge is 0.253 e. The van der Waals surface area contributed by atoms with Gasteiger partial charge in [0.15, 0.2) is 0 Å². The number of carbonyl (C=O) groups excluding carboxylic acids is 1. The van der Waals surface area contributed by atoms with Crippen molar-refractivity contribution < 1.29 is 9.90 Å². The number of hydrogen-bond acceptors (Lipinski definition) is 4. The maximum absolute atomic E-state index is 12.4. The molecule has 2 aromatic rings. The molecule has 3 N–H and O–H groups in total. The molecule has 1 amide bonds. The zero-order chi connectivity index (χ0) is 14.8. The van der Waals surface area contributed by atoms with Crippen molar-refractivity contribution in [2.24, 2.45) is 5.92 Å². The zero-order valence-corrected chi connectivity index (χ0v) is 14.5. The second-order valence-corrected chi connectivity index (χ2v) is 5.66. The first-order valence-electron chi connectivity index (χ1n) is 6.86. The van der Waals surface area contributed by atoms with E-state index in [0.29, 0.717) is 35.7 Å². The molecule has 1 fully saturated rings. The van der Waals surface area contributed by atoms with Crippen molar-refractivity contribution in [1.82, 2.24) is 15.6 Å². The first-order valence-corrected chi connectivity index (χ1v) is 7.24. The van der Waals surface area contributed by atoms with E-state index in [-0.39, 0.29) is 36.6 Å². The van der Waals surface area contributed by atoms with E-state index < -0.39 is 6.10 Å². The second kappa shape index (κ2) is 8.66. The van der Waals surface area contributed by atoms with Crippen LogP contribution in [0.3, 0.4) is 0 Å². The SMILES string of the molecule is Cl.Cl.O=C(NCC1CNCC1O)c1cc(Cl)cc2cccnc12. The summed E-state index contributed by atoms with van der Waals surface area (Å²) in [7, 11) is 0. The molecule has 8 heteroatoms. The van der Waals surface area contributed by atoms with E-state index >= 15 is 0 Å². The number of halogens is 3. The summed E-state index contributed by atoms with van der Waals surface area (Å²) in [6.45, 7) is 1.70. The summed E-state index contributed by atoms with van der Waals surface area (Å²) >= 11 is 6.06. The lowest BCUT2D eigenvalue weighted by molar-refractivity contribution is 0.0928. The number of hydrogen-bond donors (Lipinski definition) is 3. The third kappa shape index (κ3) is 4.46. The Morgan fingerprint density at radius 2 is 2.17 bits per heavy atom. The number of rotatable bonds is 3. The first kappa shape index (κ1) is 19.9. The Balaban J connectivity index is 0.00000132. The third-order valence-corrected chi connectivity index (χ3v) is 3.96. The molecule has 126 valence electrons. The number of aromatic nitrogens is 1. The van der Waals surface area contributed by atoms with Gasteiger partial charge in [-0.15, -0.1) is 24.8 Å². The lowest BCUT2D eigenvalue weighted by atomic mass is 10.1. The highest BCUT2D eigenvalue weighted by molar-refractivity contribution is 6.32. The van der Waals surface area contributed by atoms with Crippen LogP contribution in [0.25, 0.3) is 10.9 Å². The summed E-state index contributed by atoms with van der Waals surface area (Å²) < 4.78 is 0. The largest absolute Gasteiger partial charge is 0.391 e. The van der Waals surface area contributed by atoms with E-state index in [4.69, 9.17) is 11.6 Å². The Morgan fingerprint density at radius 1 is 1.39 bits per heavy atom. The predicted octanol–water partition coefficient (Wildman–Crippen LogP) is 2.04. The van der Waals surface area contributed by atoms with Gasteiger partial charge in [-0.05, 0) is 18.2 Å². The van der Waals surface area contributed by atoms with E-state index in [2.05, 4.69) is 15.6 Å². The number of amides is 1. The van der Waals surface area contributed by atoms with Crippen LogP contribution in [0.1, 0.15) is 10.4 Å². The monoisotopic (exact) mass is 377 g/mol. The van der Waals surface area contributed by atoms with Crippen LogP contribution in [0, 0.1) is 5.92 Å². The quantitative estimate of drug-likeness (QED) is 0.764. The van der Waals surface area contributed by atoms with Crippen molar-refractivity contribution in [2.45, 2.75) is 6.10 Å². The molecule has 0 aliphatic carbocycles. The van der Waals surface area contributed by atoms with Gasteiger partial charge in [0, 0.05) is 42.2 Å². The molecule has 1 aromatic heterocycles. The van der Waals surface area contributed by atoms with Crippen molar-refractivity contribution in [3.63, 3.8) is 0 Å². The molecule has 2 atom stereocenters. The Bertz CT molecular complexity index is 684. The molecule has 0 saturated carbocycles. The van der Waals surface area contributed by atoms with Gasteiger partial charge < -0.3 is 15.7 Å². The van der Waals surface area contributed by atoms with E-state index in [1.165, 1.54) is 0 Å². The molecule has 1 saturated heterocycles. The van der Waals surface area contributed by atoms with Crippen LogP contribution in [0.15, 0.2) is 30.5 Å². The molecular weight excluding hydrogens is 361 g/mol. The Labute approximate surface area is 151 Å². The van der Waals surface area contributed by atoms with Gasteiger partial charge in [-0.25, -0.2) is 0 Å². The van der Waals surface area contributed by atoms with Crippen molar-refractivity contribution in [2.75, 3.05) is 19.6 Å². The minimum Gasteiger partial charge on any atom is -0.391 e. The Kier molecular flexibility index (Phi) is 7.51. The van der Waals surface area contributed by atoms with Gasteiger partial charge in [0.25, 0.3) is 5.91 Å². The van der Waals surface area contributed by atoms with Crippen LogP contribution in [-0.4, -0.2) is 41.7 Å². The second-order valence-electron chi connectivity index (χ2n) is 5.22. The summed E-state index contributed by atoms with van der Waals surface area (Å²) in [5, 5.41) is 17.0. The summed E-state index contributed by atoms with van der Waals surface area (Å²) in [5.74, 6) is -0.187. The van der Waals surface area contributed by atoms with Gasteiger partial charge in [0.1, 0.15) is 0 Å². The number of aliphatic hydroxyl groups excluding tert-OH is 1. The highest BCUT2D eigenvalue weighted by Crippen LogP contribution is 2.22. The fraction of sp³-hybridized carbons (Fsp3) is 0.333. The van der Waals surface area contributed by atoms with E-state index in [9.17, 15) is 9.90 Å². The predicted molar refractivity (Wildman–Crippen MR) is 95.9 cm³/mol. The highest BCUT2D eigenvalue weighted by Gasteiger charge is 2.25. The van der Waals surface area contributed by atoms with Crippen molar-refractivity contribution >= 4 is 53.2 Å². The fourth-order valence-corrected chi connectivity index (χ4v) is 2.80. The molecule has 0 radical (unpaired) electrons. The Hall–Kier alpha value is -1.11. The van der Waals surface area contributed by atoms with Gasteiger partial charge in [-0.3, -0.25) is 9.78 Å². The summed E-state index contributed by atoms with van der Waals surface area (Å²) in [6, 6.07) is 7.08.